The highest BCUT2D eigenvalue weighted by molar-refractivity contribution is 7.93. The summed E-state index contributed by atoms with van der Waals surface area (Å²) in [5.74, 6) is 1.88. The van der Waals surface area contributed by atoms with Crippen LogP contribution in [0.4, 0.5) is 5.69 Å². The molecule has 150 valence electrons. The normalized spacial score (nSPS) is 22.0. The molecule has 0 fully saturated rings. The Balaban J connectivity index is 2.11. The summed E-state index contributed by atoms with van der Waals surface area (Å²) in [5.41, 5.74) is 4.45. The Labute approximate surface area is 170 Å². The highest BCUT2D eigenvalue weighted by Gasteiger charge is 2.33. The lowest BCUT2D eigenvalue weighted by molar-refractivity contribution is 0.411. The van der Waals surface area contributed by atoms with Crippen LogP contribution >= 0.6 is 0 Å². The SMILES string of the molecule is COc1cc(C)cc2c1N=[S@](=O)(c1ccccc1)C[C@@H]2[C@@H](C)CCC=C(C)C. The van der Waals surface area contributed by atoms with Crippen LogP contribution in [0, 0.1) is 12.8 Å². The molecule has 0 saturated heterocycles. The standard InChI is InChI=1S/C24H31NO2S/c1-17(2)10-9-11-19(4)22-16-28(26,20-12-7-6-8-13-20)25-24-21(22)14-18(3)15-23(24)27-5/h6-8,10,12-15,19,22H,9,11,16H2,1-5H3/t19-,22+,28+/m0/s1. The summed E-state index contributed by atoms with van der Waals surface area (Å²) in [5, 5.41) is 0. The minimum atomic E-state index is -2.53. The van der Waals surface area contributed by atoms with Crippen LogP contribution in [0.3, 0.4) is 0 Å². The van der Waals surface area contributed by atoms with Crippen LogP contribution in [0.1, 0.15) is 50.7 Å². The molecule has 2 aromatic carbocycles. The van der Waals surface area contributed by atoms with E-state index in [4.69, 9.17) is 9.10 Å². The zero-order valence-electron chi connectivity index (χ0n) is 17.6. The van der Waals surface area contributed by atoms with Gasteiger partial charge in [-0.05, 0) is 68.9 Å². The van der Waals surface area contributed by atoms with Crippen molar-refractivity contribution in [2.75, 3.05) is 12.9 Å². The number of rotatable bonds is 6. The van der Waals surface area contributed by atoms with Gasteiger partial charge in [-0.1, -0.05) is 42.8 Å². The van der Waals surface area contributed by atoms with Gasteiger partial charge in [0.05, 0.1) is 16.8 Å². The van der Waals surface area contributed by atoms with Gasteiger partial charge >= 0.3 is 0 Å². The summed E-state index contributed by atoms with van der Waals surface area (Å²) >= 11 is 0. The van der Waals surface area contributed by atoms with Crippen LogP contribution in [0.5, 0.6) is 5.75 Å². The van der Waals surface area contributed by atoms with E-state index in [0.717, 1.165) is 34.7 Å². The lowest BCUT2D eigenvalue weighted by Gasteiger charge is -2.31. The number of allylic oxidation sites excluding steroid dienone is 2. The Hall–Kier alpha value is -2.07. The van der Waals surface area contributed by atoms with E-state index < -0.39 is 9.73 Å². The first-order chi connectivity index (χ1) is 13.3. The summed E-state index contributed by atoms with van der Waals surface area (Å²) in [4.78, 5) is 0.810. The molecular formula is C24H31NO2S. The minimum absolute atomic E-state index is 0.194. The molecule has 0 radical (unpaired) electrons. The van der Waals surface area contributed by atoms with Crippen molar-refractivity contribution in [1.82, 2.24) is 0 Å². The van der Waals surface area contributed by atoms with Crippen molar-refractivity contribution >= 4 is 15.4 Å². The molecule has 3 atom stereocenters. The van der Waals surface area contributed by atoms with Crippen LogP contribution in [0.25, 0.3) is 0 Å². The average Bonchev–Trinajstić information content (AvgIpc) is 2.67. The van der Waals surface area contributed by atoms with Gasteiger partial charge < -0.3 is 4.74 Å². The maximum absolute atomic E-state index is 14.0. The quantitative estimate of drug-likeness (QED) is 0.512. The number of hydrogen-bond donors (Lipinski definition) is 0. The second kappa shape index (κ2) is 8.52. The zero-order chi connectivity index (χ0) is 20.3. The third kappa shape index (κ3) is 4.33. The molecule has 3 rings (SSSR count). The molecule has 3 nitrogen and oxygen atoms in total. The van der Waals surface area contributed by atoms with Gasteiger partial charge in [0.2, 0.25) is 0 Å². The van der Waals surface area contributed by atoms with Crippen LogP contribution in [0.15, 0.2) is 63.4 Å². The average molecular weight is 398 g/mol. The van der Waals surface area contributed by atoms with E-state index >= 15 is 0 Å². The molecule has 1 aliphatic heterocycles. The maximum atomic E-state index is 14.0. The Morgan fingerprint density at radius 2 is 2.00 bits per heavy atom. The van der Waals surface area contributed by atoms with Crippen molar-refractivity contribution < 1.29 is 8.95 Å². The number of ether oxygens (including phenoxy) is 1. The van der Waals surface area contributed by atoms with Gasteiger partial charge in [-0.2, -0.15) is 4.36 Å². The number of fused-ring (bicyclic) bond motifs is 1. The summed E-state index contributed by atoms with van der Waals surface area (Å²) in [6.07, 6.45) is 4.40. The Morgan fingerprint density at radius 1 is 1.29 bits per heavy atom. The molecular weight excluding hydrogens is 366 g/mol. The summed E-state index contributed by atoms with van der Waals surface area (Å²) in [6.45, 7) is 8.63. The van der Waals surface area contributed by atoms with Gasteiger partial charge in [-0.25, -0.2) is 4.21 Å². The molecule has 1 aliphatic rings. The summed E-state index contributed by atoms with van der Waals surface area (Å²) in [6, 6.07) is 13.9. The highest BCUT2D eigenvalue weighted by atomic mass is 32.2. The molecule has 1 heterocycles. The van der Waals surface area contributed by atoms with E-state index in [-0.39, 0.29) is 5.92 Å². The van der Waals surface area contributed by atoms with E-state index in [1.54, 1.807) is 7.11 Å². The monoisotopic (exact) mass is 397 g/mol. The van der Waals surface area contributed by atoms with Crippen molar-refractivity contribution in [3.05, 3.63) is 65.2 Å². The third-order valence-electron chi connectivity index (χ3n) is 5.49. The van der Waals surface area contributed by atoms with Crippen molar-refractivity contribution in [3.8, 4) is 5.75 Å². The molecule has 0 aliphatic carbocycles. The maximum Gasteiger partial charge on any atom is 0.145 e. The van der Waals surface area contributed by atoms with Crippen molar-refractivity contribution in [1.29, 1.82) is 0 Å². The molecule has 0 amide bonds. The van der Waals surface area contributed by atoms with E-state index in [1.165, 1.54) is 11.1 Å². The first kappa shape index (κ1) is 20.7. The van der Waals surface area contributed by atoms with Crippen LogP contribution < -0.4 is 4.74 Å². The second-order valence-corrected chi connectivity index (χ2v) is 10.3. The van der Waals surface area contributed by atoms with Gasteiger partial charge in [0.1, 0.15) is 11.4 Å². The van der Waals surface area contributed by atoms with E-state index in [2.05, 4.69) is 39.8 Å². The smallest absolute Gasteiger partial charge is 0.145 e. The predicted molar refractivity (Wildman–Crippen MR) is 118 cm³/mol. The molecule has 28 heavy (non-hydrogen) atoms. The number of aryl methyl sites for hydroxylation is 1. The first-order valence-corrected chi connectivity index (χ1v) is 11.6. The number of methoxy groups -OCH3 is 1. The minimum Gasteiger partial charge on any atom is -0.494 e. The first-order valence-electron chi connectivity index (χ1n) is 9.96. The molecule has 0 saturated carbocycles. The van der Waals surface area contributed by atoms with Crippen LogP contribution in [-0.2, 0) is 9.73 Å². The van der Waals surface area contributed by atoms with Gasteiger partial charge in [0.15, 0.2) is 0 Å². The Morgan fingerprint density at radius 3 is 2.64 bits per heavy atom. The lowest BCUT2D eigenvalue weighted by atomic mass is 9.84. The molecule has 2 aromatic rings. The molecule has 0 aromatic heterocycles. The van der Waals surface area contributed by atoms with Gasteiger partial charge in [0.25, 0.3) is 0 Å². The fourth-order valence-electron chi connectivity index (χ4n) is 3.92. The van der Waals surface area contributed by atoms with Crippen molar-refractivity contribution in [2.45, 2.75) is 51.3 Å². The number of hydrogen-bond acceptors (Lipinski definition) is 3. The molecule has 4 heteroatoms. The lowest BCUT2D eigenvalue weighted by Crippen LogP contribution is -2.24. The van der Waals surface area contributed by atoms with E-state index in [0.29, 0.717) is 11.7 Å². The van der Waals surface area contributed by atoms with Gasteiger partial charge in [-0.3, -0.25) is 0 Å². The zero-order valence-corrected chi connectivity index (χ0v) is 18.4. The Kier molecular flexibility index (Phi) is 6.29. The van der Waals surface area contributed by atoms with E-state index in [1.807, 2.05) is 36.4 Å². The molecule has 0 bridgehead atoms. The predicted octanol–water partition coefficient (Wildman–Crippen LogP) is 6.64. The number of nitrogens with zero attached hydrogens (tertiary/aromatic N) is 1. The van der Waals surface area contributed by atoms with Crippen LogP contribution in [0.2, 0.25) is 0 Å². The van der Waals surface area contributed by atoms with Gasteiger partial charge in [-0.15, -0.1) is 0 Å². The van der Waals surface area contributed by atoms with Crippen molar-refractivity contribution in [3.63, 3.8) is 0 Å². The fraction of sp³-hybridized carbons (Fsp3) is 0.417. The third-order valence-corrected chi connectivity index (χ3v) is 7.78. The van der Waals surface area contributed by atoms with Crippen LogP contribution in [-0.4, -0.2) is 17.1 Å². The molecule has 0 unspecified atom stereocenters. The second-order valence-electron chi connectivity index (χ2n) is 8.06. The highest BCUT2D eigenvalue weighted by Crippen LogP contribution is 2.47. The molecule has 0 N–H and O–H groups in total. The van der Waals surface area contributed by atoms with Gasteiger partial charge in [0, 0.05) is 16.6 Å². The summed E-state index contributed by atoms with van der Waals surface area (Å²) in [7, 11) is -0.870. The van der Waals surface area contributed by atoms with Crippen molar-refractivity contribution in [2.24, 2.45) is 10.3 Å². The summed E-state index contributed by atoms with van der Waals surface area (Å²) < 4.78 is 24.4. The molecule has 0 spiro atoms. The fourth-order valence-corrected chi connectivity index (χ4v) is 6.36. The largest absolute Gasteiger partial charge is 0.494 e. The number of benzene rings is 2. The van der Waals surface area contributed by atoms with E-state index in [9.17, 15) is 4.21 Å². The Bertz CT molecular complexity index is 981. The topological polar surface area (TPSA) is 38.7 Å².